The van der Waals surface area contributed by atoms with Gasteiger partial charge in [-0.2, -0.15) is 0 Å². The van der Waals surface area contributed by atoms with Gasteiger partial charge in [0.25, 0.3) is 0 Å². The fourth-order valence-electron chi connectivity index (χ4n) is 0.714. The second-order valence-electron chi connectivity index (χ2n) is 3.07. The number of hydrogen-bond donors (Lipinski definition) is 3. The first-order valence-corrected chi connectivity index (χ1v) is 4.31. The first-order chi connectivity index (χ1) is 6.49. The third kappa shape index (κ3) is 4.66. The number of carboxylic acid groups (broad SMARTS) is 1. The highest BCUT2D eigenvalue weighted by Crippen LogP contribution is 1.92. The van der Waals surface area contributed by atoms with Crippen molar-refractivity contribution in [3.63, 3.8) is 0 Å². The van der Waals surface area contributed by atoms with E-state index in [0.717, 1.165) is 0 Å². The van der Waals surface area contributed by atoms with Crippen molar-refractivity contribution in [2.24, 2.45) is 5.92 Å². The molecule has 0 spiro atoms. The van der Waals surface area contributed by atoms with Crippen LogP contribution in [0.1, 0.15) is 6.92 Å². The van der Waals surface area contributed by atoms with Crippen LogP contribution in [0, 0.1) is 5.92 Å². The van der Waals surface area contributed by atoms with Crippen LogP contribution in [0.25, 0.3) is 0 Å². The van der Waals surface area contributed by atoms with Crippen LogP contribution >= 0.6 is 0 Å². The Labute approximate surface area is 82.5 Å². The molecule has 0 aliphatic heterocycles. The molecular formula is C8H16N2O4. The highest BCUT2D eigenvalue weighted by molar-refractivity contribution is 5.75. The molecule has 0 bridgehead atoms. The zero-order chi connectivity index (χ0) is 11.1. The lowest BCUT2D eigenvalue weighted by molar-refractivity contribution is -0.140. The van der Waals surface area contributed by atoms with Gasteiger partial charge in [0.15, 0.2) is 0 Å². The predicted octanol–water partition coefficient (Wildman–Crippen LogP) is -0.659. The molecule has 0 saturated heterocycles. The summed E-state index contributed by atoms with van der Waals surface area (Å²) in [7, 11) is 1.52. The molecule has 3 N–H and O–H groups in total. The number of nitrogens with zero attached hydrogens (tertiary/aromatic N) is 1. The molecule has 0 rings (SSSR count). The van der Waals surface area contributed by atoms with Gasteiger partial charge in [-0.1, -0.05) is 6.92 Å². The van der Waals surface area contributed by atoms with Gasteiger partial charge in [0.05, 0.1) is 12.5 Å². The second kappa shape index (κ2) is 6.20. The largest absolute Gasteiger partial charge is 0.481 e. The number of rotatable bonds is 5. The standard InChI is InChI=1S/C8H16N2O4/c1-6(7(12)13)5-9-8(14)10(2)3-4-11/h6,11H,3-5H2,1-2H3,(H,9,14)(H,12,13). The molecule has 6 heteroatoms. The summed E-state index contributed by atoms with van der Waals surface area (Å²) in [6.45, 7) is 1.71. The highest BCUT2D eigenvalue weighted by Gasteiger charge is 2.13. The Hall–Kier alpha value is -1.30. The maximum Gasteiger partial charge on any atom is 0.317 e. The summed E-state index contributed by atoms with van der Waals surface area (Å²) < 4.78 is 0. The number of carboxylic acids is 1. The van der Waals surface area contributed by atoms with E-state index in [-0.39, 0.29) is 25.7 Å². The molecule has 0 heterocycles. The van der Waals surface area contributed by atoms with Gasteiger partial charge in [-0.05, 0) is 0 Å². The molecule has 1 unspecified atom stereocenters. The summed E-state index contributed by atoms with van der Waals surface area (Å²) in [6, 6.07) is -0.382. The molecule has 14 heavy (non-hydrogen) atoms. The summed E-state index contributed by atoms with van der Waals surface area (Å²) in [5.41, 5.74) is 0. The zero-order valence-electron chi connectivity index (χ0n) is 8.36. The molecule has 0 aromatic carbocycles. The molecule has 6 nitrogen and oxygen atoms in total. The van der Waals surface area contributed by atoms with Crippen LogP contribution in [-0.2, 0) is 4.79 Å². The minimum absolute atomic E-state index is 0.0872. The molecule has 1 atom stereocenters. The Morgan fingerprint density at radius 2 is 2.07 bits per heavy atom. The van der Waals surface area contributed by atoms with Crippen molar-refractivity contribution in [3.05, 3.63) is 0 Å². The average Bonchev–Trinajstić information content (AvgIpc) is 2.13. The smallest absolute Gasteiger partial charge is 0.317 e. The monoisotopic (exact) mass is 204 g/mol. The summed E-state index contributed by atoms with van der Waals surface area (Å²) in [5.74, 6) is -1.56. The molecule has 0 fully saturated rings. The number of carbonyl (C=O) groups is 2. The van der Waals surface area contributed by atoms with Crippen molar-refractivity contribution in [2.75, 3.05) is 26.7 Å². The van der Waals surface area contributed by atoms with Crippen LogP contribution in [0.3, 0.4) is 0 Å². The van der Waals surface area contributed by atoms with E-state index >= 15 is 0 Å². The van der Waals surface area contributed by atoms with E-state index in [9.17, 15) is 9.59 Å². The minimum Gasteiger partial charge on any atom is -0.481 e. The number of urea groups is 1. The third-order valence-electron chi connectivity index (χ3n) is 1.76. The Morgan fingerprint density at radius 3 is 2.50 bits per heavy atom. The van der Waals surface area contributed by atoms with Crippen LogP contribution < -0.4 is 5.32 Å². The van der Waals surface area contributed by atoms with E-state index in [1.807, 2.05) is 0 Å². The van der Waals surface area contributed by atoms with Crippen molar-refractivity contribution in [2.45, 2.75) is 6.92 Å². The van der Waals surface area contributed by atoms with E-state index in [2.05, 4.69) is 5.32 Å². The number of aliphatic carboxylic acids is 1. The topological polar surface area (TPSA) is 89.9 Å². The molecule has 0 aromatic heterocycles. The maximum atomic E-state index is 11.2. The Kier molecular flexibility index (Phi) is 5.62. The van der Waals surface area contributed by atoms with Gasteiger partial charge in [0, 0.05) is 20.1 Å². The molecule has 0 aliphatic rings. The molecule has 0 aliphatic carbocycles. The number of hydrogen-bond acceptors (Lipinski definition) is 3. The fraction of sp³-hybridized carbons (Fsp3) is 0.750. The van der Waals surface area contributed by atoms with E-state index in [0.29, 0.717) is 0 Å². The highest BCUT2D eigenvalue weighted by atomic mass is 16.4. The van der Waals surface area contributed by atoms with Gasteiger partial charge in [-0.3, -0.25) is 4.79 Å². The predicted molar refractivity (Wildman–Crippen MR) is 49.9 cm³/mol. The molecule has 2 amide bonds. The van der Waals surface area contributed by atoms with Gasteiger partial charge in [0.1, 0.15) is 0 Å². The van der Waals surface area contributed by atoms with E-state index in [1.54, 1.807) is 0 Å². The van der Waals surface area contributed by atoms with E-state index in [4.69, 9.17) is 10.2 Å². The van der Waals surface area contributed by atoms with Crippen LogP contribution in [0.2, 0.25) is 0 Å². The normalized spacial score (nSPS) is 11.9. The number of amides is 2. The Morgan fingerprint density at radius 1 is 1.50 bits per heavy atom. The van der Waals surface area contributed by atoms with E-state index < -0.39 is 11.9 Å². The summed E-state index contributed by atoms with van der Waals surface area (Å²) >= 11 is 0. The lowest BCUT2D eigenvalue weighted by Gasteiger charge is -2.17. The first-order valence-electron chi connectivity index (χ1n) is 4.31. The Bertz CT molecular complexity index is 208. The minimum atomic E-state index is -0.949. The SMILES string of the molecule is CC(CNC(=O)N(C)CCO)C(=O)O. The second-order valence-corrected chi connectivity index (χ2v) is 3.07. The van der Waals surface area contributed by atoms with Crippen LogP contribution in [0.5, 0.6) is 0 Å². The number of aliphatic hydroxyl groups excluding tert-OH is 1. The zero-order valence-corrected chi connectivity index (χ0v) is 8.36. The summed E-state index contributed by atoms with van der Waals surface area (Å²) in [4.78, 5) is 22.9. The number of aliphatic hydroxyl groups is 1. The van der Waals surface area contributed by atoms with Gasteiger partial charge >= 0.3 is 12.0 Å². The molecular weight excluding hydrogens is 188 g/mol. The number of carbonyl (C=O) groups excluding carboxylic acids is 1. The lowest BCUT2D eigenvalue weighted by Crippen LogP contribution is -2.41. The Balaban J connectivity index is 3.78. The number of nitrogens with one attached hydrogen (secondary N) is 1. The molecule has 0 aromatic rings. The summed E-state index contributed by atoms with van der Waals surface area (Å²) in [6.07, 6.45) is 0. The van der Waals surface area contributed by atoms with Gasteiger partial charge < -0.3 is 20.4 Å². The molecule has 82 valence electrons. The van der Waals surface area contributed by atoms with Crippen LogP contribution in [0.4, 0.5) is 4.79 Å². The van der Waals surface area contributed by atoms with Crippen molar-refractivity contribution < 1.29 is 19.8 Å². The fourth-order valence-corrected chi connectivity index (χ4v) is 0.714. The summed E-state index contributed by atoms with van der Waals surface area (Å²) in [5, 5.41) is 19.5. The third-order valence-corrected chi connectivity index (χ3v) is 1.76. The van der Waals surface area contributed by atoms with Gasteiger partial charge in [0.2, 0.25) is 0 Å². The van der Waals surface area contributed by atoms with Crippen molar-refractivity contribution in [1.82, 2.24) is 10.2 Å². The van der Waals surface area contributed by atoms with Gasteiger partial charge in [-0.15, -0.1) is 0 Å². The maximum absolute atomic E-state index is 11.2. The van der Waals surface area contributed by atoms with Crippen LogP contribution in [-0.4, -0.2) is 53.9 Å². The van der Waals surface area contributed by atoms with Crippen molar-refractivity contribution >= 4 is 12.0 Å². The molecule has 0 saturated carbocycles. The average molecular weight is 204 g/mol. The van der Waals surface area contributed by atoms with Crippen molar-refractivity contribution in [1.29, 1.82) is 0 Å². The lowest BCUT2D eigenvalue weighted by atomic mass is 10.2. The molecule has 0 radical (unpaired) electrons. The van der Waals surface area contributed by atoms with Crippen molar-refractivity contribution in [3.8, 4) is 0 Å². The van der Waals surface area contributed by atoms with Gasteiger partial charge in [-0.25, -0.2) is 4.79 Å². The van der Waals surface area contributed by atoms with E-state index in [1.165, 1.54) is 18.9 Å². The quantitative estimate of drug-likeness (QED) is 0.554. The first kappa shape index (κ1) is 12.7. The number of likely N-dealkylation sites (N-methyl/N-ethyl adjacent to an activating group) is 1. The van der Waals surface area contributed by atoms with Crippen LogP contribution in [0.15, 0.2) is 0 Å².